The summed E-state index contributed by atoms with van der Waals surface area (Å²) >= 11 is 5.94. The van der Waals surface area contributed by atoms with Gasteiger partial charge in [-0.1, -0.05) is 17.7 Å². The SMILES string of the molecule is O=S(=O)(c1ccccn1)c1cc(Cl)ccc1S(=O)(=O)N1CC2C(CNS(=O)(=O)C(F)(F)F)C2C1. The van der Waals surface area contributed by atoms with Gasteiger partial charge in [0.1, 0.15) is 4.90 Å². The fourth-order valence-electron chi connectivity index (χ4n) is 4.06. The number of nitrogens with zero attached hydrogens (tertiary/aromatic N) is 2. The number of hydrogen-bond acceptors (Lipinski definition) is 7. The lowest BCUT2D eigenvalue weighted by atomic mass is 10.3. The summed E-state index contributed by atoms with van der Waals surface area (Å²) in [5, 5.41) is -0.371. The monoisotopic (exact) mass is 559 g/mol. The first kappa shape index (κ1) is 25.3. The molecule has 186 valence electrons. The number of piperidine rings is 1. The number of nitrogens with one attached hydrogen (secondary N) is 1. The van der Waals surface area contributed by atoms with Crippen LogP contribution in [0.15, 0.2) is 57.4 Å². The van der Waals surface area contributed by atoms with Gasteiger partial charge in [-0.05, 0) is 48.1 Å². The molecule has 0 spiro atoms. The highest BCUT2D eigenvalue weighted by molar-refractivity contribution is 7.93. The molecule has 0 radical (unpaired) electrons. The third-order valence-corrected chi connectivity index (χ3v) is 11.0. The first-order valence-corrected chi connectivity index (χ1v) is 14.5. The molecule has 2 aliphatic rings. The molecule has 2 fully saturated rings. The van der Waals surface area contributed by atoms with Crippen LogP contribution in [0.1, 0.15) is 0 Å². The van der Waals surface area contributed by atoms with Gasteiger partial charge in [0.25, 0.3) is 0 Å². The number of halogens is 4. The van der Waals surface area contributed by atoms with E-state index in [1.54, 1.807) is 0 Å². The van der Waals surface area contributed by atoms with Gasteiger partial charge in [-0.15, -0.1) is 0 Å². The van der Waals surface area contributed by atoms with Crippen LogP contribution in [-0.4, -0.2) is 59.7 Å². The van der Waals surface area contributed by atoms with Crippen LogP contribution in [0.2, 0.25) is 5.02 Å². The number of fused-ring (bicyclic) bond motifs is 1. The minimum Gasteiger partial charge on any atom is -0.244 e. The van der Waals surface area contributed by atoms with E-state index >= 15 is 0 Å². The van der Waals surface area contributed by atoms with Crippen LogP contribution in [0.25, 0.3) is 0 Å². The molecular weight excluding hydrogens is 543 g/mol. The Bertz CT molecular complexity index is 1420. The first-order chi connectivity index (χ1) is 15.7. The van der Waals surface area contributed by atoms with Crippen LogP contribution in [0.5, 0.6) is 0 Å². The predicted molar refractivity (Wildman–Crippen MR) is 113 cm³/mol. The molecule has 16 heteroatoms. The van der Waals surface area contributed by atoms with Crippen molar-refractivity contribution in [3.8, 4) is 0 Å². The van der Waals surface area contributed by atoms with E-state index in [0.29, 0.717) is 0 Å². The molecule has 4 rings (SSSR count). The third kappa shape index (κ3) is 4.44. The highest BCUT2D eigenvalue weighted by Crippen LogP contribution is 2.53. The van der Waals surface area contributed by atoms with Crippen LogP contribution >= 0.6 is 11.6 Å². The van der Waals surface area contributed by atoms with Gasteiger partial charge in [-0.2, -0.15) is 17.5 Å². The van der Waals surface area contributed by atoms with E-state index < -0.39 is 57.6 Å². The second kappa shape index (κ2) is 8.41. The number of sulfonamides is 2. The van der Waals surface area contributed by atoms with E-state index in [1.165, 1.54) is 35.2 Å². The molecule has 1 saturated carbocycles. The lowest BCUT2D eigenvalue weighted by Crippen LogP contribution is -2.39. The number of alkyl halides is 3. The zero-order chi connectivity index (χ0) is 25.1. The third-order valence-electron chi connectivity index (χ3n) is 5.88. The maximum atomic E-state index is 13.3. The molecule has 1 N–H and O–H groups in total. The van der Waals surface area contributed by atoms with Crippen molar-refractivity contribution in [3.63, 3.8) is 0 Å². The highest BCUT2D eigenvalue weighted by atomic mass is 35.5. The minimum absolute atomic E-state index is 0.00487. The number of sulfone groups is 1. The Balaban J connectivity index is 1.55. The standard InChI is InChI=1S/C18H17ClF3N3O6S3/c19-11-4-5-15(16(7-11)32(26,27)17-3-1-2-6-23-17)33(28,29)25-9-13-12(14(13)10-25)8-24-34(30,31)18(20,21)22/h1-7,12-14,24H,8-10H2. The van der Waals surface area contributed by atoms with Gasteiger partial charge in [0.15, 0.2) is 5.03 Å². The summed E-state index contributed by atoms with van der Waals surface area (Å²) in [5.41, 5.74) is -5.43. The quantitative estimate of drug-likeness (QED) is 0.548. The van der Waals surface area contributed by atoms with Crippen molar-refractivity contribution in [2.24, 2.45) is 17.8 Å². The molecule has 9 nitrogen and oxygen atoms in total. The number of rotatable bonds is 7. The molecule has 2 aromatic rings. The molecule has 1 aromatic carbocycles. The molecule has 1 saturated heterocycles. The van der Waals surface area contributed by atoms with Crippen molar-refractivity contribution in [1.29, 1.82) is 0 Å². The van der Waals surface area contributed by atoms with Crippen LogP contribution in [0.3, 0.4) is 0 Å². The Kier molecular flexibility index (Phi) is 6.26. The fraction of sp³-hybridized carbons (Fsp3) is 0.389. The second-order valence-electron chi connectivity index (χ2n) is 7.87. The summed E-state index contributed by atoms with van der Waals surface area (Å²) in [6.07, 6.45) is 1.24. The molecule has 2 atom stereocenters. The molecule has 2 unspecified atom stereocenters. The summed E-state index contributed by atoms with van der Waals surface area (Å²) in [6, 6.07) is 7.47. The van der Waals surface area contributed by atoms with Gasteiger partial charge < -0.3 is 0 Å². The first-order valence-electron chi connectivity index (χ1n) is 9.68. The normalized spacial score (nSPS) is 23.6. The highest BCUT2D eigenvalue weighted by Gasteiger charge is 2.59. The Morgan fingerprint density at radius 1 is 1.00 bits per heavy atom. The molecule has 34 heavy (non-hydrogen) atoms. The van der Waals surface area contributed by atoms with Gasteiger partial charge in [-0.3, -0.25) is 0 Å². The maximum absolute atomic E-state index is 13.3. The molecule has 1 aliphatic carbocycles. The Morgan fingerprint density at radius 3 is 2.21 bits per heavy atom. The zero-order valence-corrected chi connectivity index (χ0v) is 20.2. The van der Waals surface area contributed by atoms with E-state index in [2.05, 4.69) is 4.98 Å². The number of benzene rings is 1. The topological polar surface area (TPSA) is 131 Å². The molecule has 0 bridgehead atoms. The number of aromatic nitrogens is 1. The van der Waals surface area contributed by atoms with E-state index in [4.69, 9.17) is 11.6 Å². The Morgan fingerprint density at radius 2 is 1.65 bits per heavy atom. The maximum Gasteiger partial charge on any atom is 0.511 e. The van der Waals surface area contributed by atoms with Gasteiger partial charge in [0.2, 0.25) is 19.9 Å². The number of pyridine rings is 1. The summed E-state index contributed by atoms with van der Waals surface area (Å²) in [5.74, 6) is -1.16. The smallest absolute Gasteiger partial charge is 0.244 e. The summed E-state index contributed by atoms with van der Waals surface area (Å²) < 4.78 is 115. The van der Waals surface area contributed by atoms with Crippen LogP contribution in [-0.2, 0) is 29.9 Å². The largest absolute Gasteiger partial charge is 0.511 e. The molecule has 2 heterocycles. The van der Waals surface area contributed by atoms with Crippen molar-refractivity contribution in [3.05, 3.63) is 47.6 Å². The molecule has 0 amide bonds. The minimum atomic E-state index is -5.49. The lowest BCUT2D eigenvalue weighted by molar-refractivity contribution is -0.0448. The van der Waals surface area contributed by atoms with Crippen molar-refractivity contribution in [2.75, 3.05) is 19.6 Å². The summed E-state index contributed by atoms with van der Waals surface area (Å²) in [6.45, 7) is -0.639. The van der Waals surface area contributed by atoms with E-state index in [1.807, 2.05) is 0 Å². The lowest BCUT2D eigenvalue weighted by Gasteiger charge is -2.21. The van der Waals surface area contributed by atoms with Crippen molar-refractivity contribution in [1.82, 2.24) is 14.0 Å². The van der Waals surface area contributed by atoms with Crippen molar-refractivity contribution >= 4 is 41.5 Å². The van der Waals surface area contributed by atoms with Gasteiger partial charge in [-0.25, -0.2) is 35.0 Å². The van der Waals surface area contributed by atoms with Crippen molar-refractivity contribution < 1.29 is 38.4 Å². The number of hydrogen-bond donors (Lipinski definition) is 1. The van der Waals surface area contributed by atoms with Crippen molar-refractivity contribution in [2.45, 2.75) is 20.3 Å². The summed E-state index contributed by atoms with van der Waals surface area (Å²) in [4.78, 5) is 2.74. The average molecular weight is 560 g/mol. The Hall–Kier alpha value is -1.78. The molecule has 1 aliphatic heterocycles. The predicted octanol–water partition coefficient (Wildman–Crippen LogP) is 1.87. The second-order valence-corrected chi connectivity index (χ2v) is 13.8. The average Bonchev–Trinajstić information content (AvgIpc) is 3.19. The zero-order valence-electron chi connectivity index (χ0n) is 17.0. The van der Waals surface area contributed by atoms with Gasteiger partial charge >= 0.3 is 15.5 Å². The van der Waals surface area contributed by atoms with E-state index in [-0.39, 0.29) is 35.0 Å². The van der Waals surface area contributed by atoms with Crippen LogP contribution in [0.4, 0.5) is 13.2 Å². The van der Waals surface area contributed by atoms with E-state index in [9.17, 15) is 38.4 Å². The Labute approximate surface area is 199 Å². The fourth-order valence-corrected chi connectivity index (χ4v) is 8.38. The molecular formula is C18H17ClF3N3O6S3. The van der Waals surface area contributed by atoms with Crippen LogP contribution < -0.4 is 4.72 Å². The van der Waals surface area contributed by atoms with Crippen LogP contribution in [0, 0.1) is 17.8 Å². The van der Waals surface area contributed by atoms with E-state index in [0.717, 1.165) is 16.4 Å². The summed E-state index contributed by atoms with van der Waals surface area (Å²) in [7, 11) is -14.2. The van der Waals surface area contributed by atoms with Gasteiger partial charge in [0.05, 0.1) is 4.90 Å². The molecule has 1 aromatic heterocycles. The van der Waals surface area contributed by atoms with Gasteiger partial charge in [0, 0.05) is 30.9 Å².